The maximum absolute atomic E-state index is 12.5. The van der Waals surface area contributed by atoms with Gasteiger partial charge in [0.15, 0.2) is 0 Å². The zero-order chi connectivity index (χ0) is 26.2. The highest BCUT2D eigenvalue weighted by atomic mass is 16.5. The SMILES string of the molecule is Cc1cccc(C)c1C=CCCCCCCCC(=O)N[C@H](CC(=O)OCc1ccccc1)CN(C)C. The van der Waals surface area contributed by atoms with Gasteiger partial charge in [0, 0.05) is 13.0 Å². The molecule has 0 radical (unpaired) electrons. The fourth-order valence-electron chi connectivity index (χ4n) is 4.27. The largest absolute Gasteiger partial charge is 0.461 e. The lowest BCUT2D eigenvalue weighted by Gasteiger charge is -2.22. The predicted molar refractivity (Wildman–Crippen MR) is 149 cm³/mol. The summed E-state index contributed by atoms with van der Waals surface area (Å²) in [5.41, 5.74) is 4.93. The van der Waals surface area contributed by atoms with Crippen LogP contribution in [0.1, 0.15) is 73.6 Å². The van der Waals surface area contributed by atoms with Crippen molar-refractivity contribution in [3.05, 3.63) is 76.9 Å². The van der Waals surface area contributed by atoms with Gasteiger partial charge in [-0.1, -0.05) is 79.9 Å². The molecule has 0 aliphatic heterocycles. The second-order valence-electron chi connectivity index (χ2n) is 9.89. The minimum absolute atomic E-state index is 0.00856. The summed E-state index contributed by atoms with van der Waals surface area (Å²) in [5, 5.41) is 3.03. The monoisotopic (exact) mass is 492 g/mol. The number of hydrogen-bond donors (Lipinski definition) is 1. The molecule has 0 unspecified atom stereocenters. The zero-order valence-electron chi connectivity index (χ0n) is 22.6. The van der Waals surface area contributed by atoms with Crippen LogP contribution in [-0.4, -0.2) is 43.5 Å². The number of likely N-dealkylation sites (N-methyl/N-ethyl adjacent to an activating group) is 1. The third kappa shape index (κ3) is 12.2. The van der Waals surface area contributed by atoms with Crippen molar-refractivity contribution in [1.82, 2.24) is 10.2 Å². The molecule has 0 saturated heterocycles. The van der Waals surface area contributed by atoms with Gasteiger partial charge in [-0.15, -0.1) is 0 Å². The number of nitrogens with one attached hydrogen (secondary N) is 1. The third-order valence-electron chi connectivity index (χ3n) is 6.21. The number of aryl methyl sites for hydroxylation is 2. The fraction of sp³-hybridized carbons (Fsp3) is 0.484. The second-order valence-corrected chi connectivity index (χ2v) is 9.89. The molecule has 0 fully saturated rings. The number of amides is 1. The Balaban J connectivity index is 1.60. The number of carbonyl (C=O) groups is 2. The molecule has 36 heavy (non-hydrogen) atoms. The Bertz CT molecular complexity index is 933. The van der Waals surface area contributed by atoms with Gasteiger partial charge < -0.3 is 15.0 Å². The number of ether oxygens (including phenoxy) is 1. The first-order valence-electron chi connectivity index (χ1n) is 13.2. The summed E-state index contributed by atoms with van der Waals surface area (Å²) in [4.78, 5) is 26.8. The van der Waals surface area contributed by atoms with Crippen LogP contribution in [0.15, 0.2) is 54.6 Å². The van der Waals surface area contributed by atoms with E-state index in [0.717, 1.165) is 31.2 Å². The first-order valence-corrected chi connectivity index (χ1v) is 13.2. The van der Waals surface area contributed by atoms with Crippen molar-refractivity contribution in [1.29, 1.82) is 0 Å². The molecule has 1 atom stereocenters. The Morgan fingerprint density at radius 1 is 0.917 bits per heavy atom. The predicted octanol–water partition coefficient (Wildman–Crippen LogP) is 6.23. The molecule has 0 heterocycles. The van der Waals surface area contributed by atoms with E-state index in [9.17, 15) is 9.59 Å². The quantitative estimate of drug-likeness (QED) is 0.223. The van der Waals surface area contributed by atoms with Gasteiger partial charge in [0.1, 0.15) is 6.61 Å². The highest BCUT2D eigenvalue weighted by Gasteiger charge is 2.18. The number of esters is 1. The van der Waals surface area contributed by atoms with Gasteiger partial charge >= 0.3 is 5.97 Å². The normalized spacial score (nSPS) is 12.1. The van der Waals surface area contributed by atoms with Gasteiger partial charge in [-0.05, 0) is 69.5 Å². The Labute approximate surface area is 217 Å². The number of allylic oxidation sites excluding steroid dienone is 1. The number of rotatable bonds is 16. The Morgan fingerprint density at radius 3 is 2.28 bits per heavy atom. The van der Waals surface area contributed by atoms with Crippen LogP contribution in [0.2, 0.25) is 0 Å². The van der Waals surface area contributed by atoms with E-state index >= 15 is 0 Å². The molecule has 0 bridgehead atoms. The Morgan fingerprint density at radius 2 is 1.58 bits per heavy atom. The van der Waals surface area contributed by atoms with Crippen molar-refractivity contribution in [3.8, 4) is 0 Å². The highest BCUT2D eigenvalue weighted by Crippen LogP contribution is 2.16. The van der Waals surface area contributed by atoms with Crippen LogP contribution in [0.5, 0.6) is 0 Å². The smallest absolute Gasteiger partial charge is 0.308 e. The first-order chi connectivity index (χ1) is 17.3. The maximum Gasteiger partial charge on any atom is 0.308 e. The summed E-state index contributed by atoms with van der Waals surface area (Å²) >= 11 is 0. The number of hydrogen-bond acceptors (Lipinski definition) is 4. The van der Waals surface area contributed by atoms with Crippen molar-refractivity contribution >= 4 is 18.0 Å². The summed E-state index contributed by atoms with van der Waals surface area (Å²) in [6.45, 7) is 5.16. The van der Waals surface area contributed by atoms with Gasteiger partial charge in [-0.25, -0.2) is 0 Å². The summed E-state index contributed by atoms with van der Waals surface area (Å²) in [5.74, 6) is -0.285. The fourth-order valence-corrected chi connectivity index (χ4v) is 4.27. The highest BCUT2D eigenvalue weighted by molar-refractivity contribution is 5.77. The van der Waals surface area contributed by atoms with E-state index < -0.39 is 0 Å². The van der Waals surface area contributed by atoms with Crippen LogP contribution in [-0.2, 0) is 20.9 Å². The maximum atomic E-state index is 12.5. The van der Waals surface area contributed by atoms with Crippen molar-refractivity contribution < 1.29 is 14.3 Å². The Kier molecular flexibility index (Phi) is 13.6. The van der Waals surface area contributed by atoms with E-state index in [1.807, 2.05) is 49.3 Å². The number of carbonyl (C=O) groups excluding carboxylic acids is 2. The molecule has 0 aromatic heterocycles. The molecule has 2 rings (SSSR count). The second kappa shape index (κ2) is 16.7. The summed E-state index contributed by atoms with van der Waals surface area (Å²) in [6.07, 6.45) is 11.7. The first kappa shape index (κ1) is 29.3. The lowest BCUT2D eigenvalue weighted by atomic mass is 10.0. The van der Waals surface area contributed by atoms with E-state index in [1.54, 1.807) is 0 Å². The number of unbranched alkanes of at least 4 members (excludes halogenated alkanes) is 5. The van der Waals surface area contributed by atoms with Gasteiger partial charge in [-0.2, -0.15) is 0 Å². The van der Waals surface area contributed by atoms with Crippen molar-refractivity contribution in [2.75, 3.05) is 20.6 Å². The molecule has 1 amide bonds. The lowest BCUT2D eigenvalue weighted by molar-refractivity contribution is -0.145. The van der Waals surface area contributed by atoms with Crippen LogP contribution in [0.25, 0.3) is 6.08 Å². The van der Waals surface area contributed by atoms with Crippen LogP contribution >= 0.6 is 0 Å². The van der Waals surface area contributed by atoms with E-state index in [2.05, 4.69) is 49.5 Å². The molecule has 0 aliphatic rings. The summed E-state index contributed by atoms with van der Waals surface area (Å²) < 4.78 is 5.40. The van der Waals surface area contributed by atoms with E-state index in [1.165, 1.54) is 29.5 Å². The molecule has 1 N–H and O–H groups in total. The molecule has 2 aromatic carbocycles. The molecule has 196 valence electrons. The van der Waals surface area contributed by atoms with Crippen molar-refractivity contribution in [2.45, 2.75) is 77.9 Å². The number of benzene rings is 2. The van der Waals surface area contributed by atoms with Crippen LogP contribution in [0.4, 0.5) is 0 Å². The van der Waals surface area contributed by atoms with Crippen LogP contribution < -0.4 is 5.32 Å². The molecule has 0 spiro atoms. The molecule has 5 nitrogen and oxygen atoms in total. The van der Waals surface area contributed by atoms with E-state index in [0.29, 0.717) is 13.0 Å². The van der Waals surface area contributed by atoms with Crippen LogP contribution in [0, 0.1) is 13.8 Å². The average Bonchev–Trinajstić information content (AvgIpc) is 2.83. The topological polar surface area (TPSA) is 58.6 Å². The van der Waals surface area contributed by atoms with Gasteiger partial charge in [-0.3, -0.25) is 9.59 Å². The molecular weight excluding hydrogens is 448 g/mol. The minimum atomic E-state index is -0.294. The van der Waals surface area contributed by atoms with Crippen molar-refractivity contribution in [3.63, 3.8) is 0 Å². The zero-order valence-corrected chi connectivity index (χ0v) is 22.6. The standard InChI is InChI=1S/C31H44N2O3/c1-25-16-15-17-26(2)29(25)20-13-8-6-5-7-9-14-21-30(34)32-28(23-33(3)4)22-31(35)36-24-27-18-11-10-12-19-27/h10-13,15-20,28H,5-9,14,21-24H2,1-4H3,(H,32,34)/t28-/m1/s1. The molecule has 0 aliphatic carbocycles. The van der Waals surface area contributed by atoms with Gasteiger partial charge in [0.25, 0.3) is 0 Å². The average molecular weight is 493 g/mol. The summed E-state index contributed by atoms with van der Waals surface area (Å²) in [6, 6.07) is 15.8. The molecular formula is C31H44N2O3. The lowest BCUT2D eigenvalue weighted by Crippen LogP contribution is -2.43. The molecule has 0 saturated carbocycles. The van der Waals surface area contributed by atoms with E-state index in [4.69, 9.17) is 4.74 Å². The van der Waals surface area contributed by atoms with Gasteiger partial charge in [0.2, 0.25) is 5.91 Å². The van der Waals surface area contributed by atoms with Crippen molar-refractivity contribution in [2.24, 2.45) is 0 Å². The molecule has 5 heteroatoms. The minimum Gasteiger partial charge on any atom is -0.461 e. The van der Waals surface area contributed by atoms with Gasteiger partial charge in [0.05, 0.1) is 12.5 Å². The third-order valence-corrected chi connectivity index (χ3v) is 6.21. The summed E-state index contributed by atoms with van der Waals surface area (Å²) in [7, 11) is 3.87. The number of nitrogens with zero attached hydrogens (tertiary/aromatic N) is 1. The Hall–Kier alpha value is -2.92. The molecule has 2 aromatic rings. The van der Waals surface area contributed by atoms with E-state index in [-0.39, 0.29) is 30.9 Å². The van der Waals surface area contributed by atoms with Crippen LogP contribution in [0.3, 0.4) is 0 Å².